The lowest BCUT2D eigenvalue weighted by molar-refractivity contribution is -0.130. The van der Waals surface area contributed by atoms with Gasteiger partial charge >= 0.3 is 0 Å². The second-order valence-corrected chi connectivity index (χ2v) is 9.25. The summed E-state index contributed by atoms with van der Waals surface area (Å²) in [5, 5.41) is 7.55. The van der Waals surface area contributed by atoms with Crippen LogP contribution in [0.15, 0.2) is 35.9 Å². The number of hydrogen-bond acceptors (Lipinski definition) is 3. The van der Waals surface area contributed by atoms with Crippen molar-refractivity contribution in [2.75, 3.05) is 19.6 Å². The molecule has 3 aliphatic rings. The quantitative estimate of drug-likeness (QED) is 0.700. The van der Waals surface area contributed by atoms with Crippen molar-refractivity contribution in [3.63, 3.8) is 0 Å². The topological polar surface area (TPSA) is 44.4 Å². The molecule has 0 radical (unpaired) electrons. The number of rotatable bonds is 8. The molecule has 1 aromatic rings. The Bertz CT molecular complexity index is 687. The fraction of sp³-hybridized carbons (Fsp3) is 0.640. The van der Waals surface area contributed by atoms with Crippen LogP contribution in [0, 0.1) is 5.92 Å². The molecular weight excluding hydrogens is 358 g/mol. The number of benzene rings is 1. The molecule has 0 spiro atoms. The van der Waals surface area contributed by atoms with E-state index < -0.39 is 0 Å². The number of carbonyl (C=O) groups is 1. The molecule has 29 heavy (non-hydrogen) atoms. The third-order valence-corrected chi connectivity index (χ3v) is 6.98. The number of likely N-dealkylation sites (tertiary alicyclic amines) is 1. The highest BCUT2D eigenvalue weighted by Crippen LogP contribution is 2.39. The first-order valence-corrected chi connectivity index (χ1v) is 11.7. The molecule has 1 aliphatic heterocycles. The predicted octanol–water partition coefficient (Wildman–Crippen LogP) is 3.98. The molecular formula is C25H37N3O. The Morgan fingerprint density at radius 3 is 2.48 bits per heavy atom. The molecule has 0 bridgehead atoms. The van der Waals surface area contributed by atoms with E-state index in [1.807, 2.05) is 4.90 Å². The highest BCUT2D eigenvalue weighted by molar-refractivity contribution is 5.76. The summed E-state index contributed by atoms with van der Waals surface area (Å²) in [5.74, 6) is 1.05. The summed E-state index contributed by atoms with van der Waals surface area (Å²) >= 11 is 0. The van der Waals surface area contributed by atoms with Crippen molar-refractivity contribution < 1.29 is 4.79 Å². The molecule has 1 aromatic carbocycles. The van der Waals surface area contributed by atoms with E-state index in [9.17, 15) is 4.79 Å². The zero-order valence-electron chi connectivity index (χ0n) is 17.9. The fourth-order valence-electron chi connectivity index (χ4n) is 5.08. The van der Waals surface area contributed by atoms with Crippen molar-refractivity contribution in [2.45, 2.75) is 76.4 Å². The minimum atomic E-state index is 0.337. The van der Waals surface area contributed by atoms with Crippen LogP contribution in [-0.4, -0.2) is 48.6 Å². The Morgan fingerprint density at radius 1 is 1.07 bits per heavy atom. The van der Waals surface area contributed by atoms with Crippen LogP contribution in [0.3, 0.4) is 0 Å². The lowest BCUT2D eigenvalue weighted by Crippen LogP contribution is -2.42. The molecule has 1 heterocycles. The number of amides is 1. The van der Waals surface area contributed by atoms with Gasteiger partial charge in [-0.15, -0.1) is 0 Å². The van der Waals surface area contributed by atoms with Crippen LogP contribution in [-0.2, 0) is 4.79 Å². The van der Waals surface area contributed by atoms with Gasteiger partial charge in [0.2, 0.25) is 5.91 Å². The fourth-order valence-corrected chi connectivity index (χ4v) is 5.08. The van der Waals surface area contributed by atoms with Gasteiger partial charge in [0.05, 0.1) is 0 Å². The largest absolute Gasteiger partial charge is 0.343 e. The summed E-state index contributed by atoms with van der Waals surface area (Å²) in [6, 6.07) is 12.6. The molecule has 4 rings (SSSR count). The van der Waals surface area contributed by atoms with E-state index in [1.165, 1.54) is 56.1 Å². The number of nitrogens with zero attached hydrogens (tertiary/aromatic N) is 1. The van der Waals surface area contributed by atoms with Crippen molar-refractivity contribution in [3.8, 4) is 0 Å². The van der Waals surface area contributed by atoms with Crippen molar-refractivity contribution in [1.82, 2.24) is 15.5 Å². The lowest BCUT2D eigenvalue weighted by atomic mass is 9.91. The maximum absolute atomic E-state index is 12.1. The van der Waals surface area contributed by atoms with Crippen LogP contribution in [0.25, 0.3) is 6.08 Å². The van der Waals surface area contributed by atoms with Gasteiger partial charge in [-0.3, -0.25) is 4.79 Å². The van der Waals surface area contributed by atoms with Crippen LogP contribution in [0.4, 0.5) is 0 Å². The summed E-state index contributed by atoms with van der Waals surface area (Å²) in [7, 11) is 0. The third-order valence-electron chi connectivity index (χ3n) is 6.98. The zero-order valence-corrected chi connectivity index (χ0v) is 17.9. The van der Waals surface area contributed by atoms with Crippen molar-refractivity contribution >= 4 is 12.0 Å². The molecule has 3 fully saturated rings. The van der Waals surface area contributed by atoms with Crippen LogP contribution in [0.5, 0.6) is 0 Å². The number of nitrogens with one attached hydrogen (secondary N) is 2. The van der Waals surface area contributed by atoms with Crippen molar-refractivity contribution in [3.05, 3.63) is 41.5 Å². The van der Waals surface area contributed by atoms with E-state index in [1.54, 1.807) is 0 Å². The van der Waals surface area contributed by atoms with E-state index in [0.29, 0.717) is 36.4 Å². The average molecular weight is 396 g/mol. The summed E-state index contributed by atoms with van der Waals surface area (Å²) in [5.41, 5.74) is 2.82. The molecule has 2 atom stereocenters. The van der Waals surface area contributed by atoms with Gasteiger partial charge in [0, 0.05) is 44.2 Å². The molecule has 1 amide bonds. The molecule has 2 N–H and O–H groups in total. The van der Waals surface area contributed by atoms with Gasteiger partial charge in [-0.05, 0) is 63.4 Å². The number of carbonyl (C=O) groups excluding carboxylic acids is 1. The normalized spacial score (nSPS) is 29.8. The predicted molar refractivity (Wildman–Crippen MR) is 120 cm³/mol. The zero-order chi connectivity index (χ0) is 20.1. The monoisotopic (exact) mass is 395 g/mol. The maximum Gasteiger partial charge on any atom is 0.223 e. The SMILES string of the molecule is C/C(=C\c1ccccc1)[C@@H]1C[C@H]1N[C@H]1CC[C@H](NCCC(=O)N2CCCC2)CC1. The van der Waals surface area contributed by atoms with Gasteiger partial charge in [-0.1, -0.05) is 42.0 Å². The molecule has 0 unspecified atom stereocenters. The molecule has 158 valence electrons. The van der Waals surface area contributed by atoms with Crippen molar-refractivity contribution in [1.29, 1.82) is 0 Å². The molecule has 4 nitrogen and oxygen atoms in total. The van der Waals surface area contributed by atoms with Gasteiger partial charge in [-0.2, -0.15) is 0 Å². The van der Waals surface area contributed by atoms with E-state index in [-0.39, 0.29) is 0 Å². The Morgan fingerprint density at radius 2 is 1.76 bits per heavy atom. The molecule has 4 heteroatoms. The Hall–Kier alpha value is -1.65. The van der Waals surface area contributed by atoms with Crippen LogP contribution in [0.2, 0.25) is 0 Å². The summed E-state index contributed by atoms with van der Waals surface area (Å²) < 4.78 is 0. The van der Waals surface area contributed by atoms with Gasteiger partial charge in [0.15, 0.2) is 0 Å². The van der Waals surface area contributed by atoms with Crippen LogP contribution in [0.1, 0.15) is 63.9 Å². The second-order valence-electron chi connectivity index (χ2n) is 9.25. The maximum atomic E-state index is 12.1. The first-order valence-electron chi connectivity index (χ1n) is 11.7. The Labute approximate surface area is 176 Å². The first-order chi connectivity index (χ1) is 14.2. The molecule has 0 aromatic heterocycles. The van der Waals surface area contributed by atoms with Crippen LogP contribution >= 0.6 is 0 Å². The third kappa shape index (κ3) is 5.93. The second kappa shape index (κ2) is 9.90. The molecule has 1 saturated heterocycles. The first kappa shape index (κ1) is 20.6. The minimum absolute atomic E-state index is 0.337. The van der Waals surface area contributed by atoms with Gasteiger partial charge in [-0.25, -0.2) is 0 Å². The summed E-state index contributed by atoms with van der Waals surface area (Å²) in [4.78, 5) is 14.2. The van der Waals surface area contributed by atoms with E-state index in [0.717, 1.165) is 19.6 Å². The number of hydrogen-bond donors (Lipinski definition) is 2. The van der Waals surface area contributed by atoms with E-state index >= 15 is 0 Å². The van der Waals surface area contributed by atoms with Crippen molar-refractivity contribution in [2.24, 2.45) is 5.92 Å². The summed E-state index contributed by atoms with van der Waals surface area (Å²) in [6.07, 6.45) is 11.6. The Balaban J connectivity index is 1.11. The standard InChI is InChI=1S/C25H37N3O/c1-19(17-20-7-3-2-4-8-20)23-18-24(23)27-22-11-9-21(10-12-22)26-14-13-25(29)28-15-5-6-16-28/h2-4,7-8,17,21-24,26-27H,5-6,9-16,18H2,1H3/b19-17+/t21-,22-,23-,24+/m0/s1. The van der Waals surface area contributed by atoms with Gasteiger partial charge in [0.25, 0.3) is 0 Å². The highest BCUT2D eigenvalue weighted by Gasteiger charge is 2.39. The van der Waals surface area contributed by atoms with E-state index in [2.05, 4.69) is 54.0 Å². The lowest BCUT2D eigenvalue weighted by Gasteiger charge is -2.30. The smallest absolute Gasteiger partial charge is 0.223 e. The van der Waals surface area contributed by atoms with Crippen LogP contribution < -0.4 is 10.6 Å². The summed E-state index contributed by atoms with van der Waals surface area (Å²) in [6.45, 7) is 5.06. The average Bonchev–Trinajstić information content (AvgIpc) is 3.28. The van der Waals surface area contributed by atoms with E-state index in [4.69, 9.17) is 0 Å². The van der Waals surface area contributed by atoms with Gasteiger partial charge < -0.3 is 15.5 Å². The molecule has 2 aliphatic carbocycles. The molecule has 2 saturated carbocycles. The van der Waals surface area contributed by atoms with Gasteiger partial charge in [0.1, 0.15) is 0 Å². The minimum Gasteiger partial charge on any atom is -0.343 e. The Kier molecular flexibility index (Phi) is 7.04. The highest BCUT2D eigenvalue weighted by atomic mass is 16.2.